The third-order valence-corrected chi connectivity index (χ3v) is 5.42. The van der Waals surface area contributed by atoms with E-state index in [4.69, 9.17) is 21.3 Å². The molecule has 1 atom stereocenters. The van der Waals surface area contributed by atoms with Gasteiger partial charge in [0.1, 0.15) is 18.2 Å². The van der Waals surface area contributed by atoms with Gasteiger partial charge in [0.05, 0.1) is 29.4 Å². The van der Waals surface area contributed by atoms with Gasteiger partial charge in [0.2, 0.25) is 0 Å². The molecule has 2 aromatic carbocycles. The summed E-state index contributed by atoms with van der Waals surface area (Å²) < 4.78 is 37.6. The maximum Gasteiger partial charge on any atom is 0.487 e. The first-order chi connectivity index (χ1) is 16.3. The molecule has 0 saturated heterocycles. The second-order valence-corrected chi connectivity index (χ2v) is 8.23. The number of hydrogen-bond acceptors (Lipinski definition) is 6. The van der Waals surface area contributed by atoms with Crippen molar-refractivity contribution < 1.29 is 23.0 Å². The Balaban J connectivity index is 1.52. The first kappa shape index (κ1) is 22.2. The average molecular weight is 486 g/mol. The molecule has 0 unspecified atom stereocenters. The van der Waals surface area contributed by atoms with E-state index in [1.807, 2.05) is 13.0 Å². The number of nitrogens with one attached hydrogen (secondary N) is 1. The van der Waals surface area contributed by atoms with Crippen LogP contribution in [-0.2, 0) is 11.3 Å². The molecule has 174 valence electrons. The molecule has 3 heterocycles. The number of aromatic nitrogens is 4. The SMILES string of the molecule is C[C@@H]1COCc2nc3cc(C(=O)Nc4ccc(OC(F)(F)Cl)cc4)cc(-c4cccnn4)c3n21. The molecule has 11 heteroatoms. The van der Waals surface area contributed by atoms with Gasteiger partial charge in [-0.25, -0.2) is 4.98 Å². The fraction of sp³-hybridized carbons (Fsp3) is 0.217. The van der Waals surface area contributed by atoms with Crippen LogP contribution < -0.4 is 10.1 Å². The lowest BCUT2D eigenvalue weighted by atomic mass is 10.0. The van der Waals surface area contributed by atoms with E-state index in [2.05, 4.69) is 24.8 Å². The van der Waals surface area contributed by atoms with E-state index in [1.54, 1.807) is 24.4 Å². The van der Waals surface area contributed by atoms with Gasteiger partial charge in [-0.1, -0.05) is 0 Å². The second kappa shape index (κ2) is 8.62. The van der Waals surface area contributed by atoms with Crippen LogP contribution >= 0.6 is 11.6 Å². The van der Waals surface area contributed by atoms with Crippen molar-refractivity contribution in [2.24, 2.45) is 0 Å². The number of anilines is 1. The van der Waals surface area contributed by atoms with E-state index in [1.165, 1.54) is 24.3 Å². The minimum absolute atomic E-state index is 0.0601. The third kappa shape index (κ3) is 4.42. The van der Waals surface area contributed by atoms with Crippen molar-refractivity contribution in [2.45, 2.75) is 25.1 Å². The number of fused-ring (bicyclic) bond motifs is 3. The summed E-state index contributed by atoms with van der Waals surface area (Å²) in [5.74, 6) is 0.228. The quantitative estimate of drug-likeness (QED) is 0.400. The van der Waals surface area contributed by atoms with E-state index >= 15 is 0 Å². The fourth-order valence-corrected chi connectivity index (χ4v) is 4.06. The Morgan fingerprint density at radius 2 is 2.06 bits per heavy atom. The van der Waals surface area contributed by atoms with Gasteiger partial charge in [0.15, 0.2) is 0 Å². The van der Waals surface area contributed by atoms with Crippen molar-refractivity contribution in [3.05, 3.63) is 66.1 Å². The number of hydrogen-bond donors (Lipinski definition) is 1. The monoisotopic (exact) mass is 485 g/mol. The number of imidazole rings is 1. The summed E-state index contributed by atoms with van der Waals surface area (Å²) >= 11 is 4.78. The van der Waals surface area contributed by atoms with Gasteiger partial charge in [-0.2, -0.15) is 10.2 Å². The minimum atomic E-state index is -3.82. The zero-order valence-corrected chi connectivity index (χ0v) is 18.6. The topological polar surface area (TPSA) is 91.2 Å². The maximum atomic E-state index is 13.1. The molecule has 1 N–H and O–H groups in total. The maximum absolute atomic E-state index is 13.1. The standard InChI is InChI=1S/C23H18ClF2N5O3/c1-13-11-33-12-20-29-19-10-14(9-17(21(19)31(13)20)18-3-2-8-27-30-18)22(32)28-15-4-6-16(7-5-15)34-23(24,25)26/h2-10,13H,11-12H2,1H3,(H,28,32)/t13-/m1/s1. The van der Waals surface area contributed by atoms with E-state index in [9.17, 15) is 13.6 Å². The van der Waals surface area contributed by atoms with Crippen molar-refractivity contribution in [3.63, 3.8) is 0 Å². The highest BCUT2D eigenvalue weighted by atomic mass is 35.5. The summed E-state index contributed by atoms with van der Waals surface area (Å²) in [6.45, 7) is 2.96. The number of halogens is 3. The Bertz CT molecular complexity index is 1360. The van der Waals surface area contributed by atoms with Crippen LogP contribution in [0.2, 0.25) is 0 Å². The molecule has 2 aromatic heterocycles. The Morgan fingerprint density at radius 1 is 1.26 bits per heavy atom. The lowest BCUT2D eigenvalue weighted by Gasteiger charge is -2.23. The Labute approximate surface area is 197 Å². The van der Waals surface area contributed by atoms with Gasteiger partial charge in [-0.3, -0.25) is 4.79 Å². The van der Waals surface area contributed by atoms with E-state index in [-0.39, 0.29) is 11.8 Å². The van der Waals surface area contributed by atoms with E-state index in [0.29, 0.717) is 35.7 Å². The average Bonchev–Trinajstić information content (AvgIpc) is 3.19. The highest BCUT2D eigenvalue weighted by molar-refractivity contribution is 6.20. The summed E-state index contributed by atoms with van der Waals surface area (Å²) in [5, 5.41) is 11.0. The van der Waals surface area contributed by atoms with Crippen LogP contribution in [0.3, 0.4) is 0 Å². The predicted octanol–water partition coefficient (Wildman–Crippen LogP) is 5.00. The smallest absolute Gasteiger partial charge is 0.420 e. The van der Waals surface area contributed by atoms with Crippen LogP contribution in [0, 0.1) is 0 Å². The van der Waals surface area contributed by atoms with Crippen LogP contribution in [0.5, 0.6) is 5.75 Å². The molecule has 5 rings (SSSR count). The number of ether oxygens (including phenoxy) is 2. The number of carbonyl (C=O) groups excluding carboxylic acids is 1. The molecule has 0 fully saturated rings. The molecule has 1 aliphatic heterocycles. The number of benzene rings is 2. The molecule has 0 radical (unpaired) electrons. The molecule has 34 heavy (non-hydrogen) atoms. The van der Waals surface area contributed by atoms with Crippen LogP contribution in [0.15, 0.2) is 54.7 Å². The van der Waals surface area contributed by atoms with Crippen LogP contribution in [0.4, 0.5) is 14.5 Å². The Kier molecular flexibility index (Phi) is 5.62. The lowest BCUT2D eigenvalue weighted by molar-refractivity contribution is -0.0964. The zero-order chi connectivity index (χ0) is 23.9. The second-order valence-electron chi connectivity index (χ2n) is 7.79. The number of rotatable bonds is 5. The molecule has 1 aliphatic rings. The minimum Gasteiger partial charge on any atom is -0.420 e. The molecule has 8 nitrogen and oxygen atoms in total. The van der Waals surface area contributed by atoms with Gasteiger partial charge in [-0.05, 0) is 55.5 Å². The van der Waals surface area contributed by atoms with Crippen LogP contribution in [0.1, 0.15) is 29.1 Å². The van der Waals surface area contributed by atoms with E-state index in [0.717, 1.165) is 16.9 Å². The predicted molar refractivity (Wildman–Crippen MR) is 121 cm³/mol. The highest BCUT2D eigenvalue weighted by Crippen LogP contribution is 2.34. The summed E-state index contributed by atoms with van der Waals surface area (Å²) in [7, 11) is 0. The molecule has 0 spiro atoms. The molecule has 4 aromatic rings. The van der Waals surface area contributed by atoms with Crippen molar-refractivity contribution in [1.29, 1.82) is 0 Å². The normalized spacial score (nSPS) is 15.7. The third-order valence-electron chi connectivity index (χ3n) is 5.35. The number of amides is 1. The number of alkyl halides is 3. The van der Waals surface area contributed by atoms with Gasteiger partial charge in [-0.15, -0.1) is 8.78 Å². The zero-order valence-electron chi connectivity index (χ0n) is 17.8. The van der Waals surface area contributed by atoms with Gasteiger partial charge < -0.3 is 19.4 Å². The first-order valence-electron chi connectivity index (χ1n) is 10.4. The van der Waals surface area contributed by atoms with Crippen LogP contribution in [0.25, 0.3) is 22.3 Å². The number of nitrogens with zero attached hydrogens (tertiary/aromatic N) is 4. The first-order valence-corrected chi connectivity index (χ1v) is 10.7. The van der Waals surface area contributed by atoms with Gasteiger partial charge in [0, 0.05) is 34.6 Å². The summed E-state index contributed by atoms with van der Waals surface area (Å²) in [6, 6.07) is 12.5. The summed E-state index contributed by atoms with van der Waals surface area (Å²) in [6.07, 6.45) is 1.58. The largest absolute Gasteiger partial charge is 0.487 e. The Hall–Kier alpha value is -3.63. The Morgan fingerprint density at radius 3 is 2.76 bits per heavy atom. The molecule has 1 amide bonds. The molecule has 0 aliphatic carbocycles. The fourth-order valence-electron chi connectivity index (χ4n) is 3.97. The molecular formula is C23H18ClF2N5O3. The van der Waals surface area contributed by atoms with Crippen LogP contribution in [-0.4, -0.2) is 37.8 Å². The van der Waals surface area contributed by atoms with Crippen molar-refractivity contribution in [3.8, 4) is 17.0 Å². The lowest BCUT2D eigenvalue weighted by Crippen LogP contribution is -2.21. The number of carbonyl (C=O) groups is 1. The van der Waals surface area contributed by atoms with Gasteiger partial charge in [0.25, 0.3) is 5.91 Å². The molecule has 0 bridgehead atoms. The molecular weight excluding hydrogens is 468 g/mol. The summed E-state index contributed by atoms with van der Waals surface area (Å²) in [4.78, 5) is 17.8. The molecule has 0 saturated carbocycles. The van der Waals surface area contributed by atoms with Crippen molar-refractivity contribution in [2.75, 3.05) is 11.9 Å². The van der Waals surface area contributed by atoms with Crippen molar-refractivity contribution in [1.82, 2.24) is 19.7 Å². The summed E-state index contributed by atoms with van der Waals surface area (Å²) in [5.41, 5.74) is -0.265. The van der Waals surface area contributed by atoms with Crippen molar-refractivity contribution >= 4 is 34.2 Å². The van der Waals surface area contributed by atoms with Gasteiger partial charge >= 0.3 is 5.57 Å². The van der Waals surface area contributed by atoms with E-state index < -0.39 is 11.5 Å². The highest BCUT2D eigenvalue weighted by Gasteiger charge is 2.28.